The van der Waals surface area contributed by atoms with E-state index in [-0.39, 0.29) is 9.83 Å². The number of fused-ring (bicyclic) bond motifs is 1. The predicted molar refractivity (Wildman–Crippen MR) is 59.0 cm³/mol. The van der Waals surface area contributed by atoms with Crippen molar-refractivity contribution in [2.75, 3.05) is 5.32 Å². The van der Waals surface area contributed by atoms with Crippen LogP contribution >= 0.6 is 22.6 Å². The summed E-state index contributed by atoms with van der Waals surface area (Å²) < 4.78 is 0.0619. The van der Waals surface area contributed by atoms with E-state index in [9.17, 15) is 4.79 Å². The molecule has 0 saturated carbocycles. The quantitative estimate of drug-likeness (QED) is 0.584. The van der Waals surface area contributed by atoms with Crippen LogP contribution in [0.3, 0.4) is 0 Å². The zero-order chi connectivity index (χ0) is 9.26. The molecule has 1 aliphatic heterocycles. The highest BCUT2D eigenvalue weighted by Crippen LogP contribution is 2.22. The van der Waals surface area contributed by atoms with Crippen LogP contribution in [0.4, 0.5) is 5.82 Å². The second-order valence-corrected chi connectivity index (χ2v) is 4.51. The molecule has 0 spiro atoms. The number of carbonyl (C=O) groups is 1. The molecule has 1 aromatic rings. The van der Waals surface area contributed by atoms with Crippen LogP contribution in [0, 0.1) is 0 Å². The molecule has 13 heavy (non-hydrogen) atoms. The smallest absolute Gasteiger partial charge is 0.238 e. The van der Waals surface area contributed by atoms with Gasteiger partial charge in [-0.05, 0) is 24.5 Å². The number of carbonyl (C=O) groups excluding carboxylic acids is 1. The maximum atomic E-state index is 11.4. The maximum absolute atomic E-state index is 11.4. The molecule has 4 heteroatoms. The monoisotopic (exact) mass is 288 g/mol. The molecule has 68 valence electrons. The first-order chi connectivity index (χ1) is 6.27. The molecule has 2 heterocycles. The number of nitrogens with zero attached hydrogens (tertiary/aromatic N) is 1. The fourth-order valence-corrected chi connectivity index (χ4v) is 1.83. The topological polar surface area (TPSA) is 42.0 Å². The van der Waals surface area contributed by atoms with E-state index in [1.807, 2.05) is 12.1 Å². The first kappa shape index (κ1) is 8.93. The number of alkyl halides is 1. The first-order valence-electron chi connectivity index (χ1n) is 4.16. The zero-order valence-electron chi connectivity index (χ0n) is 6.96. The molecule has 0 saturated heterocycles. The highest BCUT2D eigenvalue weighted by atomic mass is 127. The van der Waals surface area contributed by atoms with Crippen molar-refractivity contribution in [1.82, 2.24) is 4.98 Å². The number of aryl methyl sites for hydroxylation is 1. The summed E-state index contributed by atoms with van der Waals surface area (Å²) in [7, 11) is 0. The lowest BCUT2D eigenvalue weighted by atomic mass is 10.1. The first-order valence-corrected chi connectivity index (χ1v) is 5.41. The molecule has 1 aromatic heterocycles. The molecule has 0 radical (unpaired) electrons. The molecule has 1 aliphatic rings. The Kier molecular flexibility index (Phi) is 2.48. The number of aromatic nitrogens is 1. The predicted octanol–water partition coefficient (Wildman–Crippen LogP) is 1.77. The molecule has 2 rings (SSSR count). The maximum Gasteiger partial charge on any atom is 0.238 e. The summed E-state index contributed by atoms with van der Waals surface area (Å²) in [5.74, 6) is 0.796. The fraction of sp³-hybridized carbons (Fsp3) is 0.333. The third-order valence-electron chi connectivity index (χ3n) is 2.08. The van der Waals surface area contributed by atoms with Gasteiger partial charge in [-0.1, -0.05) is 28.7 Å². The minimum absolute atomic E-state index is 0.0619. The van der Waals surface area contributed by atoms with E-state index in [2.05, 4.69) is 32.9 Å². The third-order valence-corrected chi connectivity index (χ3v) is 3.27. The van der Waals surface area contributed by atoms with E-state index in [1.165, 1.54) is 0 Å². The van der Waals surface area contributed by atoms with Crippen molar-refractivity contribution in [2.24, 2.45) is 0 Å². The lowest BCUT2D eigenvalue weighted by Gasteiger charge is -2.04. The van der Waals surface area contributed by atoms with E-state index in [0.29, 0.717) is 0 Å². The van der Waals surface area contributed by atoms with E-state index in [4.69, 9.17) is 0 Å². The second kappa shape index (κ2) is 3.61. The van der Waals surface area contributed by atoms with Crippen LogP contribution in [0.2, 0.25) is 0 Å². The van der Waals surface area contributed by atoms with Crippen molar-refractivity contribution in [3.05, 3.63) is 23.9 Å². The van der Waals surface area contributed by atoms with Gasteiger partial charge in [0.2, 0.25) is 5.91 Å². The number of nitrogens with one attached hydrogen (secondary N) is 1. The molecule has 3 nitrogen and oxygen atoms in total. The van der Waals surface area contributed by atoms with Crippen molar-refractivity contribution >= 4 is 34.3 Å². The van der Waals surface area contributed by atoms with Crippen LogP contribution in [-0.4, -0.2) is 14.8 Å². The van der Waals surface area contributed by atoms with Gasteiger partial charge in [0.25, 0.3) is 0 Å². The molecule has 1 unspecified atom stereocenters. The number of pyridine rings is 1. The van der Waals surface area contributed by atoms with Gasteiger partial charge in [0.05, 0.1) is 3.92 Å². The molecule has 0 aliphatic carbocycles. The highest BCUT2D eigenvalue weighted by molar-refractivity contribution is 14.1. The minimum Gasteiger partial charge on any atom is -0.310 e. The lowest BCUT2D eigenvalue weighted by molar-refractivity contribution is -0.115. The summed E-state index contributed by atoms with van der Waals surface area (Å²) in [6.07, 6.45) is 3.52. The summed E-state index contributed by atoms with van der Waals surface area (Å²) in [5.41, 5.74) is 1.13. The van der Waals surface area contributed by atoms with Crippen LogP contribution in [0.5, 0.6) is 0 Å². The molecule has 1 N–H and O–H groups in total. The number of amides is 1. The minimum atomic E-state index is 0.0619. The van der Waals surface area contributed by atoms with Gasteiger partial charge in [0.1, 0.15) is 5.82 Å². The molecule has 0 bridgehead atoms. The van der Waals surface area contributed by atoms with Gasteiger partial charge in [-0.15, -0.1) is 0 Å². The van der Waals surface area contributed by atoms with E-state index >= 15 is 0 Å². The molecular weight excluding hydrogens is 279 g/mol. The number of halogens is 1. The van der Waals surface area contributed by atoms with Gasteiger partial charge in [0.15, 0.2) is 0 Å². The lowest BCUT2D eigenvalue weighted by Crippen LogP contribution is -2.21. The normalized spacial score (nSPS) is 21.6. The third kappa shape index (κ3) is 1.82. The van der Waals surface area contributed by atoms with Crippen molar-refractivity contribution in [3.63, 3.8) is 0 Å². The Balaban J connectivity index is 2.35. The largest absolute Gasteiger partial charge is 0.310 e. The van der Waals surface area contributed by atoms with Gasteiger partial charge >= 0.3 is 0 Å². The van der Waals surface area contributed by atoms with Gasteiger partial charge in [-0.25, -0.2) is 4.98 Å². The van der Waals surface area contributed by atoms with Crippen LogP contribution in [0.25, 0.3) is 0 Å². The Bertz CT molecular complexity index is 340. The van der Waals surface area contributed by atoms with Crippen molar-refractivity contribution < 1.29 is 4.79 Å². The van der Waals surface area contributed by atoms with Crippen molar-refractivity contribution in [1.29, 1.82) is 0 Å². The Morgan fingerprint density at radius 2 is 2.46 bits per heavy atom. The Labute approximate surface area is 90.1 Å². The average molecular weight is 288 g/mol. The summed E-state index contributed by atoms with van der Waals surface area (Å²) in [6, 6.07) is 3.91. The van der Waals surface area contributed by atoms with Crippen LogP contribution < -0.4 is 5.32 Å². The second-order valence-electron chi connectivity index (χ2n) is 3.01. The average Bonchev–Trinajstić information content (AvgIpc) is 2.28. The summed E-state index contributed by atoms with van der Waals surface area (Å²) in [4.78, 5) is 15.5. The SMILES string of the molecule is O=C1Nc2ncccc2CCC1I. The Hall–Kier alpha value is -0.650. The number of hydrogen-bond acceptors (Lipinski definition) is 2. The zero-order valence-corrected chi connectivity index (χ0v) is 9.11. The van der Waals surface area contributed by atoms with Crippen LogP contribution in [0.15, 0.2) is 18.3 Å². The van der Waals surface area contributed by atoms with E-state index < -0.39 is 0 Å². The number of anilines is 1. The molecule has 1 amide bonds. The Morgan fingerprint density at radius 1 is 1.62 bits per heavy atom. The van der Waals surface area contributed by atoms with Gasteiger partial charge in [-0.3, -0.25) is 4.79 Å². The fourth-order valence-electron chi connectivity index (χ4n) is 1.36. The molecule has 0 aromatic carbocycles. The van der Waals surface area contributed by atoms with Gasteiger partial charge in [0, 0.05) is 6.20 Å². The Morgan fingerprint density at radius 3 is 3.31 bits per heavy atom. The molecule has 1 atom stereocenters. The summed E-state index contributed by atoms with van der Waals surface area (Å²) >= 11 is 2.17. The summed E-state index contributed by atoms with van der Waals surface area (Å²) in [6.45, 7) is 0. The molecular formula is C9H9IN2O. The van der Waals surface area contributed by atoms with Gasteiger partial charge in [-0.2, -0.15) is 0 Å². The summed E-state index contributed by atoms with van der Waals surface area (Å²) in [5, 5.41) is 2.81. The number of hydrogen-bond donors (Lipinski definition) is 1. The van der Waals surface area contributed by atoms with Crippen molar-refractivity contribution in [2.45, 2.75) is 16.8 Å². The standard InChI is InChI=1S/C9H9IN2O/c10-7-4-3-6-2-1-5-11-8(6)12-9(7)13/h1-2,5,7H,3-4H2,(H,11,12,13). The van der Waals surface area contributed by atoms with Crippen LogP contribution in [-0.2, 0) is 11.2 Å². The van der Waals surface area contributed by atoms with E-state index in [0.717, 1.165) is 24.2 Å². The van der Waals surface area contributed by atoms with E-state index in [1.54, 1.807) is 6.20 Å². The number of rotatable bonds is 0. The molecule has 0 fully saturated rings. The highest BCUT2D eigenvalue weighted by Gasteiger charge is 2.20. The van der Waals surface area contributed by atoms with Gasteiger partial charge < -0.3 is 5.32 Å². The van der Waals surface area contributed by atoms with Crippen LogP contribution in [0.1, 0.15) is 12.0 Å². The van der Waals surface area contributed by atoms with Crippen molar-refractivity contribution in [3.8, 4) is 0 Å².